The second-order valence-corrected chi connectivity index (χ2v) is 6.34. The molecule has 0 heterocycles. The smallest absolute Gasteiger partial charge is 0.315 e. The maximum Gasteiger partial charge on any atom is 0.315 e. The van der Waals surface area contributed by atoms with Gasteiger partial charge in [0, 0.05) is 11.6 Å². The average molecular weight is 399 g/mol. The van der Waals surface area contributed by atoms with Crippen LogP contribution in [0.3, 0.4) is 0 Å². The molecule has 0 saturated heterocycles. The second-order valence-electron chi connectivity index (χ2n) is 6.34. The van der Waals surface area contributed by atoms with Crippen molar-refractivity contribution in [1.29, 1.82) is 0 Å². The van der Waals surface area contributed by atoms with Gasteiger partial charge in [-0.1, -0.05) is 50.1 Å². The summed E-state index contributed by atoms with van der Waals surface area (Å²) < 4.78 is 10.9. The summed E-state index contributed by atoms with van der Waals surface area (Å²) in [7, 11) is 1.42. The summed E-state index contributed by atoms with van der Waals surface area (Å²) in [5.74, 6) is 0.0522. The molecule has 0 aliphatic rings. The van der Waals surface area contributed by atoms with Gasteiger partial charge in [-0.05, 0) is 18.1 Å². The van der Waals surface area contributed by atoms with E-state index in [1.165, 1.54) is 19.4 Å². The molecule has 2 rings (SSSR count). The van der Waals surface area contributed by atoms with Gasteiger partial charge in [-0.15, -0.1) is 0 Å². The Morgan fingerprint density at radius 3 is 2.66 bits per heavy atom. The topological polar surface area (TPSA) is 103 Å². The van der Waals surface area contributed by atoms with Crippen molar-refractivity contribution in [1.82, 2.24) is 5.43 Å². The molecule has 8 heteroatoms. The van der Waals surface area contributed by atoms with Crippen LogP contribution in [0.1, 0.15) is 37.3 Å². The number of hydrogen-bond acceptors (Lipinski definition) is 6. The maximum absolute atomic E-state index is 11.9. The number of hydrogen-bond donors (Lipinski definition) is 1. The summed E-state index contributed by atoms with van der Waals surface area (Å²) in [6.45, 7) is 2.43. The molecule has 2 aromatic carbocycles. The van der Waals surface area contributed by atoms with Gasteiger partial charge in [0.1, 0.15) is 0 Å². The van der Waals surface area contributed by atoms with Crippen LogP contribution >= 0.6 is 0 Å². The zero-order valence-electron chi connectivity index (χ0n) is 16.6. The molecule has 0 atom stereocenters. The molecule has 0 fully saturated rings. The minimum absolute atomic E-state index is 0.0962. The van der Waals surface area contributed by atoms with Gasteiger partial charge < -0.3 is 9.47 Å². The predicted molar refractivity (Wildman–Crippen MR) is 111 cm³/mol. The van der Waals surface area contributed by atoms with E-state index in [9.17, 15) is 14.9 Å². The van der Waals surface area contributed by atoms with Crippen molar-refractivity contribution < 1.29 is 19.2 Å². The first-order valence-electron chi connectivity index (χ1n) is 9.40. The molecule has 0 aromatic heterocycles. The highest BCUT2D eigenvalue weighted by atomic mass is 16.6. The number of methoxy groups -OCH3 is 1. The van der Waals surface area contributed by atoms with Crippen LogP contribution in [-0.4, -0.2) is 30.8 Å². The van der Waals surface area contributed by atoms with Crippen LogP contribution in [0.2, 0.25) is 0 Å². The Morgan fingerprint density at radius 1 is 1.24 bits per heavy atom. The highest BCUT2D eigenvalue weighted by molar-refractivity contribution is 5.85. The number of amides is 1. The normalized spacial score (nSPS) is 10.7. The van der Waals surface area contributed by atoms with Crippen molar-refractivity contribution in [3.8, 4) is 11.5 Å². The highest BCUT2D eigenvalue weighted by Gasteiger charge is 2.22. The average Bonchev–Trinajstić information content (AvgIpc) is 2.72. The Kier molecular flexibility index (Phi) is 8.62. The zero-order valence-corrected chi connectivity index (χ0v) is 16.6. The van der Waals surface area contributed by atoms with E-state index in [1.54, 1.807) is 6.07 Å². The Balaban J connectivity index is 2.09. The fourth-order valence-corrected chi connectivity index (χ4v) is 2.64. The van der Waals surface area contributed by atoms with Crippen molar-refractivity contribution in [2.45, 2.75) is 32.6 Å². The van der Waals surface area contributed by atoms with Crippen molar-refractivity contribution in [3.05, 3.63) is 63.7 Å². The number of carbonyl (C=O) groups excluding carboxylic acids is 1. The molecule has 0 unspecified atom stereocenters. The number of nitrogens with zero attached hydrogens (tertiary/aromatic N) is 2. The number of nitrogens with one attached hydrogen (secondary N) is 1. The summed E-state index contributed by atoms with van der Waals surface area (Å²) in [5.41, 5.74) is 3.48. The van der Waals surface area contributed by atoms with E-state index in [2.05, 4.69) is 17.5 Å². The number of unbranched alkanes of at least 4 members (excludes halogenated alkanes) is 2. The Hall–Kier alpha value is -3.42. The molecule has 0 saturated carbocycles. The molecule has 0 spiro atoms. The van der Waals surface area contributed by atoms with Crippen molar-refractivity contribution in [2.75, 3.05) is 13.7 Å². The fraction of sp³-hybridized carbons (Fsp3) is 0.333. The lowest BCUT2D eigenvalue weighted by atomic mass is 10.1. The van der Waals surface area contributed by atoms with Crippen LogP contribution in [0.15, 0.2) is 47.6 Å². The van der Waals surface area contributed by atoms with Crippen LogP contribution in [-0.2, 0) is 11.2 Å². The molecule has 1 amide bonds. The van der Waals surface area contributed by atoms with Crippen LogP contribution in [0.5, 0.6) is 11.5 Å². The Morgan fingerprint density at radius 2 is 2.00 bits per heavy atom. The predicted octanol–water partition coefficient (Wildman–Crippen LogP) is 3.87. The molecule has 1 N–H and O–H groups in total. The third-order valence-corrected chi connectivity index (χ3v) is 4.08. The summed E-state index contributed by atoms with van der Waals surface area (Å²) in [6, 6.07) is 12.2. The lowest BCUT2D eigenvalue weighted by Gasteiger charge is -2.11. The van der Waals surface area contributed by atoms with E-state index in [0.29, 0.717) is 12.2 Å². The van der Waals surface area contributed by atoms with Gasteiger partial charge in [0.2, 0.25) is 11.7 Å². The van der Waals surface area contributed by atoms with Crippen LogP contribution < -0.4 is 14.9 Å². The minimum Gasteiger partial charge on any atom is -0.493 e. The SMILES string of the molecule is CCCCCOc1c(OC)cc(/C=N\NC(=O)Cc2ccccc2)cc1[N+](=O)[O-]. The molecule has 2 aromatic rings. The molecule has 29 heavy (non-hydrogen) atoms. The first-order chi connectivity index (χ1) is 14.0. The summed E-state index contributed by atoms with van der Waals surface area (Å²) in [6.07, 6.45) is 4.32. The van der Waals surface area contributed by atoms with Crippen molar-refractivity contribution >= 4 is 17.8 Å². The molecule has 0 aliphatic heterocycles. The van der Waals surface area contributed by atoms with Crippen molar-refractivity contribution in [2.24, 2.45) is 5.10 Å². The molecule has 154 valence electrons. The first kappa shape index (κ1) is 21.9. The van der Waals surface area contributed by atoms with E-state index in [-0.39, 0.29) is 29.5 Å². The third-order valence-electron chi connectivity index (χ3n) is 4.08. The number of ether oxygens (including phenoxy) is 2. The number of benzene rings is 2. The van der Waals surface area contributed by atoms with Crippen LogP contribution in [0.4, 0.5) is 5.69 Å². The lowest BCUT2D eigenvalue weighted by Crippen LogP contribution is -2.19. The van der Waals surface area contributed by atoms with Gasteiger partial charge in [0.25, 0.3) is 0 Å². The molecular weight excluding hydrogens is 374 g/mol. The number of nitro benzene ring substituents is 1. The quantitative estimate of drug-likeness (QED) is 0.267. The van der Waals surface area contributed by atoms with Gasteiger partial charge in [0.15, 0.2) is 5.75 Å². The molecular formula is C21H25N3O5. The zero-order chi connectivity index (χ0) is 21.1. The second kappa shape index (κ2) is 11.4. The summed E-state index contributed by atoms with van der Waals surface area (Å²) >= 11 is 0. The van der Waals surface area contributed by atoms with Gasteiger partial charge in [-0.2, -0.15) is 5.10 Å². The van der Waals surface area contributed by atoms with Gasteiger partial charge in [-0.25, -0.2) is 5.43 Å². The first-order valence-corrected chi connectivity index (χ1v) is 9.40. The summed E-state index contributed by atoms with van der Waals surface area (Å²) in [5, 5.41) is 15.4. The highest BCUT2D eigenvalue weighted by Crippen LogP contribution is 2.38. The maximum atomic E-state index is 11.9. The minimum atomic E-state index is -0.525. The number of rotatable bonds is 11. The third kappa shape index (κ3) is 6.91. The van der Waals surface area contributed by atoms with Crippen molar-refractivity contribution in [3.63, 3.8) is 0 Å². The number of hydrazone groups is 1. The Bertz CT molecular complexity index is 853. The molecule has 0 bridgehead atoms. The summed E-state index contributed by atoms with van der Waals surface area (Å²) in [4.78, 5) is 22.9. The molecule has 0 aliphatic carbocycles. The monoisotopic (exact) mass is 399 g/mol. The van der Waals surface area contributed by atoms with E-state index in [4.69, 9.17) is 9.47 Å². The standard InChI is InChI=1S/C21H25N3O5/c1-3-4-8-11-29-21-18(24(26)27)12-17(13-19(21)28-2)15-22-23-20(25)14-16-9-6-5-7-10-16/h5-7,9-10,12-13,15H,3-4,8,11,14H2,1-2H3,(H,23,25)/b22-15-. The fourth-order valence-electron chi connectivity index (χ4n) is 2.64. The van der Waals surface area contributed by atoms with Gasteiger partial charge in [-0.3, -0.25) is 14.9 Å². The van der Waals surface area contributed by atoms with E-state index in [0.717, 1.165) is 24.8 Å². The van der Waals surface area contributed by atoms with Gasteiger partial charge >= 0.3 is 5.69 Å². The molecule has 8 nitrogen and oxygen atoms in total. The number of nitro groups is 1. The van der Waals surface area contributed by atoms with E-state index < -0.39 is 4.92 Å². The number of carbonyl (C=O) groups is 1. The largest absolute Gasteiger partial charge is 0.493 e. The van der Waals surface area contributed by atoms with E-state index >= 15 is 0 Å². The molecule has 0 radical (unpaired) electrons. The van der Waals surface area contributed by atoms with Crippen LogP contribution in [0.25, 0.3) is 0 Å². The van der Waals surface area contributed by atoms with Gasteiger partial charge in [0.05, 0.1) is 31.3 Å². The Labute approximate surface area is 169 Å². The lowest BCUT2D eigenvalue weighted by molar-refractivity contribution is -0.386. The van der Waals surface area contributed by atoms with E-state index in [1.807, 2.05) is 30.3 Å². The van der Waals surface area contributed by atoms with Crippen LogP contribution in [0, 0.1) is 10.1 Å².